The Morgan fingerprint density at radius 1 is 1.27 bits per heavy atom. The molecule has 26 heavy (non-hydrogen) atoms. The maximum Gasteiger partial charge on any atom is 0.329 e. The molecule has 1 saturated heterocycles. The molecule has 0 aliphatic carbocycles. The zero-order chi connectivity index (χ0) is 18.5. The van der Waals surface area contributed by atoms with Crippen LogP contribution in [0.1, 0.15) is 23.6 Å². The molecule has 0 N–H and O–H groups in total. The average molecular weight is 375 g/mol. The molecule has 1 fully saturated rings. The van der Waals surface area contributed by atoms with E-state index in [9.17, 15) is 9.59 Å². The number of methoxy groups -OCH3 is 1. The lowest BCUT2D eigenvalue weighted by molar-refractivity contribution is -0.153. The molecule has 1 aliphatic heterocycles. The Balaban J connectivity index is 1.57. The third kappa shape index (κ3) is 4.04. The number of amides is 1. The van der Waals surface area contributed by atoms with Crippen molar-refractivity contribution in [2.24, 2.45) is 0 Å². The van der Waals surface area contributed by atoms with Gasteiger partial charge in [-0.05, 0) is 29.8 Å². The molecule has 1 amide bonds. The minimum atomic E-state index is -0.594. The van der Waals surface area contributed by atoms with Crippen LogP contribution in [0.2, 0.25) is 0 Å². The highest BCUT2D eigenvalue weighted by molar-refractivity contribution is 7.99. The number of thioether (sulfide) groups is 1. The minimum absolute atomic E-state index is 0.173. The number of furan rings is 1. The molecule has 0 saturated carbocycles. The summed E-state index contributed by atoms with van der Waals surface area (Å²) in [4.78, 5) is 26.1. The lowest BCUT2D eigenvalue weighted by Gasteiger charge is -2.25. The molecule has 1 aromatic carbocycles. The van der Waals surface area contributed by atoms with E-state index in [0.717, 1.165) is 11.3 Å². The van der Waals surface area contributed by atoms with E-state index in [1.54, 1.807) is 24.3 Å². The zero-order valence-electron chi connectivity index (χ0n) is 14.7. The van der Waals surface area contributed by atoms with Gasteiger partial charge in [0.15, 0.2) is 0 Å². The highest BCUT2D eigenvalue weighted by Crippen LogP contribution is 2.41. The van der Waals surface area contributed by atoms with Crippen molar-refractivity contribution in [1.82, 2.24) is 4.90 Å². The number of nitrogens with zero attached hydrogens (tertiary/aromatic N) is 1. The predicted octanol–water partition coefficient (Wildman–Crippen LogP) is 3.04. The van der Waals surface area contributed by atoms with Gasteiger partial charge in [-0.2, -0.15) is 0 Å². The van der Waals surface area contributed by atoms with Crippen molar-refractivity contribution in [1.29, 1.82) is 0 Å². The molecule has 2 atom stereocenters. The van der Waals surface area contributed by atoms with Crippen LogP contribution < -0.4 is 4.74 Å². The molecular weight excluding hydrogens is 354 g/mol. The van der Waals surface area contributed by atoms with E-state index in [-0.39, 0.29) is 23.9 Å². The molecule has 0 bridgehead atoms. The fourth-order valence-corrected chi connectivity index (χ4v) is 4.30. The fourth-order valence-electron chi connectivity index (χ4n) is 2.88. The Labute approximate surface area is 156 Å². The summed E-state index contributed by atoms with van der Waals surface area (Å²) in [6, 6.07) is 10.6. The molecule has 0 spiro atoms. The monoisotopic (exact) mass is 375 g/mol. The summed E-state index contributed by atoms with van der Waals surface area (Å²) in [5.41, 5.74) is 1.05. The smallest absolute Gasteiger partial charge is 0.329 e. The lowest BCUT2D eigenvalue weighted by atomic mass is 10.1. The molecule has 2 heterocycles. The van der Waals surface area contributed by atoms with Crippen LogP contribution in [0.25, 0.3) is 0 Å². The summed E-state index contributed by atoms with van der Waals surface area (Å²) in [7, 11) is 1.62. The number of rotatable bonds is 6. The van der Waals surface area contributed by atoms with Crippen LogP contribution in [0.3, 0.4) is 0 Å². The second-order valence-corrected chi connectivity index (χ2v) is 7.02. The Bertz CT molecular complexity index is 744. The highest BCUT2D eigenvalue weighted by atomic mass is 32.2. The van der Waals surface area contributed by atoms with Crippen LogP contribution in [0.4, 0.5) is 0 Å². The first kappa shape index (κ1) is 18.4. The molecular formula is C19H21NO5S. The predicted molar refractivity (Wildman–Crippen MR) is 97.9 cm³/mol. The number of hydrogen-bond acceptors (Lipinski definition) is 6. The van der Waals surface area contributed by atoms with Gasteiger partial charge >= 0.3 is 5.97 Å². The third-order valence-corrected chi connectivity index (χ3v) is 5.50. The van der Waals surface area contributed by atoms with E-state index < -0.39 is 6.04 Å². The minimum Gasteiger partial charge on any atom is -0.497 e. The van der Waals surface area contributed by atoms with Crippen molar-refractivity contribution in [3.63, 3.8) is 0 Å². The Hall–Kier alpha value is -2.41. The van der Waals surface area contributed by atoms with Gasteiger partial charge in [0, 0.05) is 19.1 Å². The van der Waals surface area contributed by atoms with Crippen molar-refractivity contribution in [2.45, 2.75) is 24.8 Å². The molecule has 2 aromatic rings. The van der Waals surface area contributed by atoms with Gasteiger partial charge in [-0.25, -0.2) is 4.79 Å². The van der Waals surface area contributed by atoms with Crippen LogP contribution in [-0.4, -0.2) is 42.3 Å². The first-order chi connectivity index (χ1) is 12.6. The SMILES string of the molecule is COc1ccc(CCOC(=O)[C@@H]2CS[C@@H](c3ccco3)N2C(C)=O)cc1. The summed E-state index contributed by atoms with van der Waals surface area (Å²) >= 11 is 1.50. The fraction of sp³-hybridized carbons (Fsp3) is 0.368. The standard InChI is InChI=1S/C19H21NO5S/c1-13(21)20-16(12-26-18(20)17-4-3-10-24-17)19(22)25-11-9-14-5-7-15(23-2)8-6-14/h3-8,10,16,18H,9,11-12H2,1-2H3/t16-,18-/m0/s1. The normalized spacial score (nSPS) is 19.4. The van der Waals surface area contributed by atoms with Gasteiger partial charge in [-0.15, -0.1) is 11.8 Å². The summed E-state index contributed by atoms with van der Waals surface area (Å²) in [5.74, 6) is 1.39. The van der Waals surface area contributed by atoms with Gasteiger partial charge in [0.2, 0.25) is 5.91 Å². The maximum atomic E-state index is 12.5. The van der Waals surface area contributed by atoms with E-state index in [0.29, 0.717) is 17.9 Å². The van der Waals surface area contributed by atoms with E-state index in [2.05, 4.69) is 0 Å². The van der Waals surface area contributed by atoms with Gasteiger partial charge in [0.25, 0.3) is 0 Å². The average Bonchev–Trinajstić information content (AvgIpc) is 3.31. The van der Waals surface area contributed by atoms with Crippen molar-refractivity contribution >= 4 is 23.6 Å². The van der Waals surface area contributed by atoms with Crippen molar-refractivity contribution < 1.29 is 23.5 Å². The molecule has 3 rings (SSSR count). The van der Waals surface area contributed by atoms with Crippen LogP contribution in [0.15, 0.2) is 47.1 Å². The largest absolute Gasteiger partial charge is 0.497 e. The number of ether oxygens (including phenoxy) is 2. The number of carbonyl (C=O) groups is 2. The molecule has 138 valence electrons. The number of carbonyl (C=O) groups excluding carboxylic acids is 2. The first-order valence-electron chi connectivity index (χ1n) is 8.33. The Morgan fingerprint density at radius 2 is 2.04 bits per heavy atom. The summed E-state index contributed by atoms with van der Waals surface area (Å²) in [5, 5.41) is -0.290. The zero-order valence-corrected chi connectivity index (χ0v) is 15.5. The lowest BCUT2D eigenvalue weighted by Crippen LogP contribution is -2.42. The highest BCUT2D eigenvalue weighted by Gasteiger charge is 2.43. The summed E-state index contributed by atoms with van der Waals surface area (Å²) in [6.45, 7) is 1.73. The third-order valence-electron chi connectivity index (χ3n) is 4.22. The number of hydrogen-bond donors (Lipinski definition) is 0. The molecule has 0 radical (unpaired) electrons. The summed E-state index contributed by atoms with van der Waals surface area (Å²) in [6.07, 6.45) is 2.17. The topological polar surface area (TPSA) is 69.0 Å². The van der Waals surface area contributed by atoms with Gasteiger partial charge in [-0.1, -0.05) is 12.1 Å². The van der Waals surface area contributed by atoms with Crippen LogP contribution >= 0.6 is 11.8 Å². The quantitative estimate of drug-likeness (QED) is 0.723. The maximum absolute atomic E-state index is 12.5. The van der Waals surface area contributed by atoms with E-state index >= 15 is 0 Å². The van der Waals surface area contributed by atoms with Crippen molar-refractivity contribution in [3.8, 4) is 5.75 Å². The summed E-state index contributed by atoms with van der Waals surface area (Å²) < 4.78 is 16.0. The van der Waals surface area contributed by atoms with Crippen LogP contribution in [0.5, 0.6) is 5.75 Å². The second kappa shape index (κ2) is 8.31. The molecule has 0 unspecified atom stereocenters. The first-order valence-corrected chi connectivity index (χ1v) is 9.38. The Morgan fingerprint density at radius 3 is 2.65 bits per heavy atom. The molecule has 1 aromatic heterocycles. The van der Waals surface area contributed by atoms with E-state index in [1.165, 1.54) is 18.7 Å². The van der Waals surface area contributed by atoms with Crippen LogP contribution in [0, 0.1) is 0 Å². The van der Waals surface area contributed by atoms with E-state index in [1.807, 2.05) is 30.3 Å². The molecule has 7 heteroatoms. The Kier molecular flexibility index (Phi) is 5.88. The van der Waals surface area contributed by atoms with E-state index in [4.69, 9.17) is 13.9 Å². The molecule has 6 nitrogen and oxygen atoms in total. The van der Waals surface area contributed by atoms with Gasteiger partial charge in [-0.3, -0.25) is 4.79 Å². The van der Waals surface area contributed by atoms with Crippen molar-refractivity contribution in [2.75, 3.05) is 19.5 Å². The van der Waals surface area contributed by atoms with Gasteiger partial charge in [0.05, 0.1) is 20.0 Å². The van der Waals surface area contributed by atoms with Crippen molar-refractivity contribution in [3.05, 3.63) is 54.0 Å². The molecule has 1 aliphatic rings. The second-order valence-electron chi connectivity index (χ2n) is 5.91. The van der Waals surface area contributed by atoms with Gasteiger partial charge < -0.3 is 18.8 Å². The number of benzene rings is 1. The van der Waals surface area contributed by atoms with Gasteiger partial charge in [0.1, 0.15) is 22.9 Å². The van der Waals surface area contributed by atoms with Crippen LogP contribution in [-0.2, 0) is 20.7 Å². The number of esters is 1.